The van der Waals surface area contributed by atoms with Crippen LogP contribution in [0.4, 0.5) is 0 Å². The Labute approximate surface area is 141 Å². The molecular weight excluding hydrogens is 308 g/mol. The maximum absolute atomic E-state index is 12.4. The van der Waals surface area contributed by atoms with Crippen molar-refractivity contribution in [3.8, 4) is 5.75 Å². The number of ether oxygens (including phenoxy) is 2. The molecule has 1 aliphatic heterocycles. The van der Waals surface area contributed by atoms with Gasteiger partial charge in [-0.1, -0.05) is 0 Å². The van der Waals surface area contributed by atoms with Crippen molar-refractivity contribution in [1.82, 2.24) is 19.4 Å². The second-order valence-corrected chi connectivity index (χ2v) is 5.77. The van der Waals surface area contributed by atoms with Crippen LogP contribution in [0.5, 0.6) is 5.75 Å². The predicted molar refractivity (Wildman–Crippen MR) is 87.4 cm³/mol. The first-order valence-corrected chi connectivity index (χ1v) is 8.14. The van der Waals surface area contributed by atoms with E-state index in [1.54, 1.807) is 23.5 Å². The summed E-state index contributed by atoms with van der Waals surface area (Å²) >= 11 is 0. The first-order chi connectivity index (χ1) is 11.8. The molecule has 0 fully saturated rings. The van der Waals surface area contributed by atoms with E-state index in [0.29, 0.717) is 26.3 Å². The summed E-state index contributed by atoms with van der Waals surface area (Å²) in [7, 11) is 0. The third-order valence-corrected chi connectivity index (χ3v) is 3.97. The van der Waals surface area contributed by atoms with Crippen LogP contribution in [-0.2, 0) is 22.6 Å². The first-order valence-electron chi connectivity index (χ1n) is 8.14. The van der Waals surface area contributed by atoms with Crippen LogP contribution in [-0.4, -0.2) is 51.7 Å². The Bertz CT molecular complexity index is 659. The largest absolute Gasteiger partial charge is 0.492 e. The lowest BCUT2D eigenvalue weighted by molar-refractivity contribution is -0.137. The fourth-order valence-corrected chi connectivity index (χ4v) is 2.76. The van der Waals surface area contributed by atoms with Crippen LogP contribution in [0, 0.1) is 5.92 Å². The number of hydrogen-bond acceptors (Lipinski definition) is 5. The number of amides is 1. The molecule has 3 heterocycles. The molecule has 7 heteroatoms. The van der Waals surface area contributed by atoms with E-state index in [4.69, 9.17) is 9.47 Å². The van der Waals surface area contributed by atoms with Crippen LogP contribution in [0.1, 0.15) is 12.7 Å². The predicted octanol–water partition coefficient (Wildman–Crippen LogP) is 1.35. The van der Waals surface area contributed by atoms with Gasteiger partial charge >= 0.3 is 0 Å². The number of hydrogen-bond donors (Lipinski definition) is 0. The maximum Gasteiger partial charge on any atom is 0.248 e. The van der Waals surface area contributed by atoms with Crippen molar-refractivity contribution in [2.24, 2.45) is 5.92 Å². The minimum Gasteiger partial charge on any atom is -0.492 e. The van der Waals surface area contributed by atoms with Crippen molar-refractivity contribution in [3.05, 3.63) is 42.7 Å². The highest BCUT2D eigenvalue weighted by atomic mass is 16.5. The highest BCUT2D eigenvalue weighted by molar-refractivity contribution is 5.77. The molecule has 0 N–H and O–H groups in total. The van der Waals surface area contributed by atoms with Gasteiger partial charge in [-0.25, -0.2) is 4.98 Å². The highest BCUT2D eigenvalue weighted by Crippen LogP contribution is 2.17. The van der Waals surface area contributed by atoms with Crippen molar-refractivity contribution >= 4 is 5.91 Å². The van der Waals surface area contributed by atoms with Crippen LogP contribution >= 0.6 is 0 Å². The Kier molecular flexibility index (Phi) is 5.43. The Morgan fingerprint density at radius 1 is 1.38 bits per heavy atom. The van der Waals surface area contributed by atoms with E-state index in [1.807, 2.05) is 25.3 Å². The van der Waals surface area contributed by atoms with E-state index in [2.05, 4.69) is 14.5 Å². The SMILES string of the molecule is CCOCC(=O)N1Cc2nccn2CC(COc2cccnc2)C1. The number of imidazole rings is 1. The molecule has 2 aromatic heterocycles. The Morgan fingerprint density at radius 3 is 3.08 bits per heavy atom. The van der Waals surface area contributed by atoms with E-state index in [1.165, 1.54) is 0 Å². The highest BCUT2D eigenvalue weighted by Gasteiger charge is 2.26. The van der Waals surface area contributed by atoms with E-state index in [-0.39, 0.29) is 18.4 Å². The fraction of sp³-hybridized carbons (Fsp3) is 0.471. The van der Waals surface area contributed by atoms with Gasteiger partial charge in [0.15, 0.2) is 0 Å². The van der Waals surface area contributed by atoms with Crippen molar-refractivity contribution in [3.63, 3.8) is 0 Å². The summed E-state index contributed by atoms with van der Waals surface area (Å²) in [5.74, 6) is 1.79. The van der Waals surface area contributed by atoms with Crippen molar-refractivity contribution in [2.45, 2.75) is 20.0 Å². The van der Waals surface area contributed by atoms with Gasteiger partial charge in [-0.3, -0.25) is 9.78 Å². The number of fused-ring (bicyclic) bond motifs is 1. The lowest BCUT2D eigenvalue weighted by Crippen LogP contribution is -2.38. The zero-order chi connectivity index (χ0) is 16.8. The lowest BCUT2D eigenvalue weighted by Gasteiger charge is -2.24. The van der Waals surface area contributed by atoms with Crippen molar-refractivity contribution in [1.29, 1.82) is 0 Å². The third-order valence-electron chi connectivity index (χ3n) is 3.97. The van der Waals surface area contributed by atoms with Crippen LogP contribution in [0.2, 0.25) is 0 Å². The van der Waals surface area contributed by atoms with Gasteiger partial charge in [-0.05, 0) is 19.1 Å². The molecule has 0 saturated heterocycles. The van der Waals surface area contributed by atoms with E-state index < -0.39 is 0 Å². The van der Waals surface area contributed by atoms with Gasteiger partial charge in [0.05, 0.1) is 19.3 Å². The molecule has 0 aromatic carbocycles. The summed E-state index contributed by atoms with van der Waals surface area (Å²) in [5.41, 5.74) is 0. The normalized spacial score (nSPS) is 17.2. The lowest BCUT2D eigenvalue weighted by atomic mass is 10.1. The molecule has 1 aliphatic rings. The Hall–Kier alpha value is -2.41. The van der Waals surface area contributed by atoms with E-state index in [0.717, 1.165) is 18.1 Å². The Balaban J connectivity index is 1.68. The standard InChI is InChI=1S/C17H22N4O3/c1-2-23-13-17(22)21-10-14(9-20-7-6-19-16(20)11-21)12-24-15-4-3-5-18-8-15/h3-8,14H,2,9-13H2,1H3. The number of nitrogens with zero attached hydrogens (tertiary/aromatic N) is 4. The van der Waals surface area contributed by atoms with Gasteiger partial charge in [-0.2, -0.15) is 0 Å². The summed E-state index contributed by atoms with van der Waals surface area (Å²) < 4.78 is 13.2. The third kappa shape index (κ3) is 4.11. The molecule has 24 heavy (non-hydrogen) atoms. The molecule has 0 bridgehead atoms. The van der Waals surface area contributed by atoms with Crippen molar-refractivity contribution < 1.29 is 14.3 Å². The summed E-state index contributed by atoms with van der Waals surface area (Å²) in [5, 5.41) is 0. The molecule has 1 amide bonds. The topological polar surface area (TPSA) is 69.5 Å². The van der Waals surface area contributed by atoms with Gasteiger partial charge in [0.2, 0.25) is 5.91 Å². The van der Waals surface area contributed by atoms with Gasteiger partial charge in [-0.15, -0.1) is 0 Å². The number of pyridine rings is 1. The van der Waals surface area contributed by atoms with Crippen molar-refractivity contribution in [2.75, 3.05) is 26.4 Å². The quantitative estimate of drug-likeness (QED) is 0.800. The maximum atomic E-state index is 12.4. The minimum absolute atomic E-state index is 0.0142. The molecule has 0 radical (unpaired) electrons. The molecule has 0 spiro atoms. The molecule has 0 saturated carbocycles. The molecule has 0 aliphatic carbocycles. The summed E-state index contributed by atoms with van der Waals surface area (Å²) in [6.45, 7) is 4.93. The number of carbonyl (C=O) groups is 1. The van der Waals surface area contributed by atoms with E-state index >= 15 is 0 Å². The summed E-state index contributed by atoms with van der Waals surface area (Å²) in [6, 6.07) is 3.72. The van der Waals surface area contributed by atoms with E-state index in [9.17, 15) is 4.79 Å². The van der Waals surface area contributed by atoms with Gasteiger partial charge < -0.3 is 18.9 Å². The molecule has 7 nitrogen and oxygen atoms in total. The van der Waals surface area contributed by atoms with Crippen LogP contribution < -0.4 is 4.74 Å². The number of aromatic nitrogens is 3. The van der Waals surface area contributed by atoms with Gasteiger partial charge in [0, 0.05) is 44.2 Å². The van der Waals surface area contributed by atoms with Crippen LogP contribution in [0.25, 0.3) is 0 Å². The number of rotatable bonds is 6. The molecule has 1 atom stereocenters. The minimum atomic E-state index is -0.0142. The molecule has 2 aromatic rings. The summed E-state index contributed by atoms with van der Waals surface area (Å²) in [4.78, 5) is 22.6. The summed E-state index contributed by atoms with van der Waals surface area (Å²) in [6.07, 6.45) is 7.12. The monoisotopic (exact) mass is 330 g/mol. The zero-order valence-electron chi connectivity index (χ0n) is 13.8. The molecule has 128 valence electrons. The second kappa shape index (κ2) is 7.92. The second-order valence-electron chi connectivity index (χ2n) is 5.77. The van der Waals surface area contributed by atoms with Gasteiger partial charge in [0.1, 0.15) is 18.2 Å². The van der Waals surface area contributed by atoms with Crippen LogP contribution in [0.3, 0.4) is 0 Å². The Morgan fingerprint density at radius 2 is 2.29 bits per heavy atom. The molecule has 3 rings (SSSR count). The fourth-order valence-electron chi connectivity index (χ4n) is 2.76. The average molecular weight is 330 g/mol. The number of carbonyl (C=O) groups excluding carboxylic acids is 1. The molecular formula is C17H22N4O3. The van der Waals surface area contributed by atoms with Gasteiger partial charge in [0.25, 0.3) is 0 Å². The average Bonchev–Trinajstić information content (AvgIpc) is 2.96. The molecule has 1 unspecified atom stereocenters. The first kappa shape index (κ1) is 16.4. The smallest absolute Gasteiger partial charge is 0.248 e. The zero-order valence-corrected chi connectivity index (χ0v) is 13.8. The van der Waals surface area contributed by atoms with Crippen LogP contribution in [0.15, 0.2) is 36.9 Å².